The first-order valence-electron chi connectivity index (χ1n) is 25.6. The van der Waals surface area contributed by atoms with Gasteiger partial charge in [0.15, 0.2) is 17.5 Å². The normalized spacial score (nSPS) is 12.6. The van der Waals surface area contributed by atoms with E-state index in [1.807, 2.05) is 6.07 Å². The molecule has 0 N–H and O–H groups in total. The van der Waals surface area contributed by atoms with Crippen molar-refractivity contribution in [3.05, 3.63) is 295 Å². The first-order chi connectivity index (χ1) is 37.2. The Labute approximate surface area is 434 Å². The molecule has 15 rings (SSSR count). The molecule has 350 valence electrons. The van der Waals surface area contributed by atoms with Crippen LogP contribution in [0, 0.1) is 0 Å². The Morgan fingerprint density at radius 1 is 0.267 bits per heavy atom. The minimum Gasteiger partial charge on any atom is -0.309 e. The molecule has 1 aliphatic carbocycles. The Hall–Kier alpha value is -9.97. The van der Waals surface area contributed by atoms with Crippen molar-refractivity contribution in [2.24, 2.45) is 0 Å². The van der Waals surface area contributed by atoms with Gasteiger partial charge in [0.1, 0.15) is 0 Å². The van der Waals surface area contributed by atoms with Crippen LogP contribution < -0.4 is 0 Å². The van der Waals surface area contributed by atoms with Crippen molar-refractivity contribution < 1.29 is 0 Å². The van der Waals surface area contributed by atoms with Gasteiger partial charge in [0.05, 0.1) is 38.9 Å². The van der Waals surface area contributed by atoms with E-state index in [1.165, 1.54) is 43.8 Å². The molecule has 0 fully saturated rings. The highest BCUT2D eigenvalue weighted by Crippen LogP contribution is 2.58. The lowest BCUT2D eigenvalue weighted by molar-refractivity contribution is 0.768. The standard InChI is InChI=1S/C70H45N5/c1-5-24-46(25-6-1)65-63(74-59-40-19-14-32-51(59)52-33-15-20-41-60(52)74)44-48(45-64(65)75-61-42-21-16-34-53(61)54-35-17-22-43-62(54)75)68-71-67(47-26-7-2-8-27-47)72-69(73-68)56-37-23-39-58-66(56)55-36-13-18-38-57(55)70(58,49-28-9-3-10-29-49)50-30-11-4-12-31-50/h1-45H. The van der Waals surface area contributed by atoms with Gasteiger partial charge in [0.2, 0.25) is 0 Å². The Balaban J connectivity index is 1.07. The first-order valence-corrected chi connectivity index (χ1v) is 25.6. The highest BCUT2D eigenvalue weighted by molar-refractivity contribution is 6.12. The van der Waals surface area contributed by atoms with Gasteiger partial charge in [-0.3, -0.25) is 0 Å². The average Bonchev–Trinajstić information content (AvgIpc) is 4.23. The van der Waals surface area contributed by atoms with Gasteiger partial charge in [-0.2, -0.15) is 0 Å². The summed E-state index contributed by atoms with van der Waals surface area (Å²) < 4.78 is 4.89. The zero-order valence-electron chi connectivity index (χ0n) is 40.7. The summed E-state index contributed by atoms with van der Waals surface area (Å²) in [7, 11) is 0. The largest absolute Gasteiger partial charge is 0.309 e. The maximum atomic E-state index is 5.70. The molecule has 5 heteroatoms. The van der Waals surface area contributed by atoms with Crippen LogP contribution >= 0.6 is 0 Å². The Kier molecular flexibility index (Phi) is 9.72. The zero-order valence-corrected chi connectivity index (χ0v) is 40.7. The summed E-state index contributed by atoms with van der Waals surface area (Å²) >= 11 is 0. The molecule has 0 saturated heterocycles. The highest BCUT2D eigenvalue weighted by atomic mass is 15.1. The van der Waals surface area contributed by atoms with Crippen LogP contribution in [0.1, 0.15) is 22.3 Å². The minimum absolute atomic E-state index is 0.573. The van der Waals surface area contributed by atoms with Gasteiger partial charge >= 0.3 is 0 Å². The maximum absolute atomic E-state index is 5.70. The van der Waals surface area contributed by atoms with Crippen LogP contribution in [0.25, 0.3) is 111 Å². The molecule has 0 aliphatic heterocycles. The molecule has 1 aliphatic rings. The fourth-order valence-electron chi connectivity index (χ4n) is 12.4. The van der Waals surface area contributed by atoms with Crippen molar-refractivity contribution in [2.75, 3.05) is 0 Å². The zero-order chi connectivity index (χ0) is 49.5. The van der Waals surface area contributed by atoms with E-state index in [-0.39, 0.29) is 0 Å². The third kappa shape index (κ3) is 6.48. The van der Waals surface area contributed by atoms with E-state index >= 15 is 0 Å². The third-order valence-corrected chi connectivity index (χ3v) is 15.5. The van der Waals surface area contributed by atoms with E-state index in [1.54, 1.807) is 0 Å². The molecule has 0 unspecified atom stereocenters. The molecule has 11 aromatic carbocycles. The van der Waals surface area contributed by atoms with Crippen molar-refractivity contribution in [3.8, 4) is 67.8 Å². The molecule has 0 spiro atoms. The van der Waals surface area contributed by atoms with Crippen molar-refractivity contribution in [1.29, 1.82) is 0 Å². The summed E-state index contributed by atoms with van der Waals surface area (Å²) in [5.74, 6) is 1.77. The number of nitrogens with zero attached hydrogens (tertiary/aromatic N) is 5. The van der Waals surface area contributed by atoms with Crippen molar-refractivity contribution >= 4 is 43.6 Å². The molecule has 75 heavy (non-hydrogen) atoms. The molecular formula is C70H45N5. The SMILES string of the molecule is c1ccc(-c2nc(-c3cc(-n4c5ccccc5c5ccccc54)c(-c4ccccc4)c(-n4c5ccccc5c5ccccc54)c3)nc(-c3cccc4c3-c3ccccc3C4(c3ccccc3)c3ccccc3)n2)cc1. The van der Waals surface area contributed by atoms with E-state index < -0.39 is 5.41 Å². The lowest BCUT2D eigenvalue weighted by Gasteiger charge is -2.33. The molecule has 0 atom stereocenters. The lowest BCUT2D eigenvalue weighted by atomic mass is 9.67. The number of hydrogen-bond donors (Lipinski definition) is 0. The molecule has 0 bridgehead atoms. The minimum atomic E-state index is -0.593. The smallest absolute Gasteiger partial charge is 0.164 e. The number of fused-ring (bicyclic) bond motifs is 9. The van der Waals surface area contributed by atoms with Gasteiger partial charge in [0.25, 0.3) is 0 Å². The predicted molar refractivity (Wildman–Crippen MR) is 308 cm³/mol. The van der Waals surface area contributed by atoms with Crippen molar-refractivity contribution in [3.63, 3.8) is 0 Å². The molecule has 0 saturated carbocycles. The topological polar surface area (TPSA) is 48.5 Å². The molecule has 14 aromatic rings. The second-order valence-corrected chi connectivity index (χ2v) is 19.4. The summed E-state index contributed by atoms with van der Waals surface area (Å²) in [6.07, 6.45) is 0. The van der Waals surface area contributed by atoms with Gasteiger partial charge in [0, 0.05) is 43.8 Å². The first kappa shape index (κ1) is 42.7. The van der Waals surface area contributed by atoms with E-state index in [4.69, 9.17) is 15.0 Å². The van der Waals surface area contributed by atoms with E-state index in [2.05, 4.69) is 276 Å². The predicted octanol–water partition coefficient (Wildman–Crippen LogP) is 17.1. The lowest BCUT2D eigenvalue weighted by Crippen LogP contribution is -2.28. The van der Waals surface area contributed by atoms with Gasteiger partial charge in [-0.15, -0.1) is 0 Å². The highest BCUT2D eigenvalue weighted by Gasteiger charge is 2.47. The van der Waals surface area contributed by atoms with Gasteiger partial charge < -0.3 is 9.13 Å². The van der Waals surface area contributed by atoms with Crippen LogP contribution in [0.5, 0.6) is 0 Å². The van der Waals surface area contributed by atoms with Gasteiger partial charge in [-0.25, -0.2) is 15.0 Å². The third-order valence-electron chi connectivity index (χ3n) is 15.5. The number of hydrogen-bond acceptors (Lipinski definition) is 3. The van der Waals surface area contributed by atoms with E-state index in [0.29, 0.717) is 17.5 Å². The molecular weight excluding hydrogens is 911 g/mol. The van der Waals surface area contributed by atoms with Crippen LogP contribution in [0.4, 0.5) is 0 Å². The van der Waals surface area contributed by atoms with Crippen LogP contribution in [-0.4, -0.2) is 24.1 Å². The number of benzene rings is 11. The molecule has 0 amide bonds. The van der Waals surface area contributed by atoms with Crippen LogP contribution in [0.2, 0.25) is 0 Å². The monoisotopic (exact) mass is 955 g/mol. The van der Waals surface area contributed by atoms with Crippen molar-refractivity contribution in [1.82, 2.24) is 24.1 Å². The summed E-state index contributed by atoms with van der Waals surface area (Å²) in [5.41, 5.74) is 17.9. The Morgan fingerprint density at radius 3 is 1.15 bits per heavy atom. The summed E-state index contributed by atoms with van der Waals surface area (Å²) in [6.45, 7) is 0. The fourth-order valence-corrected chi connectivity index (χ4v) is 12.4. The number of aromatic nitrogens is 5. The second kappa shape index (κ2) is 17.1. The molecule has 5 nitrogen and oxygen atoms in total. The summed E-state index contributed by atoms with van der Waals surface area (Å²) in [6, 6.07) is 98.3. The average molecular weight is 956 g/mol. The van der Waals surface area contributed by atoms with Crippen LogP contribution in [-0.2, 0) is 5.41 Å². The summed E-state index contributed by atoms with van der Waals surface area (Å²) in [4.78, 5) is 16.7. The Bertz CT molecular complexity index is 4240. The quantitative estimate of drug-likeness (QED) is 0.152. The summed E-state index contributed by atoms with van der Waals surface area (Å²) in [5, 5.41) is 4.74. The molecule has 3 heterocycles. The number of rotatable bonds is 8. The molecule has 0 radical (unpaired) electrons. The van der Waals surface area contributed by atoms with Gasteiger partial charge in [-0.1, -0.05) is 237 Å². The van der Waals surface area contributed by atoms with E-state index in [0.717, 1.165) is 72.4 Å². The molecule has 3 aromatic heterocycles. The maximum Gasteiger partial charge on any atom is 0.164 e. The van der Waals surface area contributed by atoms with E-state index in [9.17, 15) is 0 Å². The van der Waals surface area contributed by atoms with Crippen LogP contribution in [0.3, 0.4) is 0 Å². The van der Waals surface area contributed by atoms with Crippen LogP contribution in [0.15, 0.2) is 273 Å². The number of para-hydroxylation sites is 4. The second-order valence-electron chi connectivity index (χ2n) is 19.4. The Morgan fingerprint density at radius 2 is 0.640 bits per heavy atom. The van der Waals surface area contributed by atoms with Crippen molar-refractivity contribution in [2.45, 2.75) is 5.41 Å². The van der Waals surface area contributed by atoms with Gasteiger partial charge in [-0.05, 0) is 75.3 Å². The fraction of sp³-hybridized carbons (Fsp3) is 0.0143.